The predicted octanol–water partition coefficient (Wildman–Crippen LogP) is 1.98. The predicted molar refractivity (Wildman–Crippen MR) is 47.4 cm³/mol. The third-order valence-electron chi connectivity index (χ3n) is 1.42. The summed E-state index contributed by atoms with van der Waals surface area (Å²) in [5.74, 6) is 1.85. The molecule has 1 heterocycles. The van der Waals surface area contributed by atoms with Crippen LogP contribution >= 0.6 is 19.4 Å². The molecule has 0 aromatic heterocycles. The largest absolute Gasteiger partial charge is 0.330 e. The number of thioether (sulfide) groups is 1. The molecule has 0 atom stereocenters. The summed E-state index contributed by atoms with van der Waals surface area (Å²) in [4.78, 5) is 0. The van der Waals surface area contributed by atoms with Gasteiger partial charge in [0.15, 0.2) is 0 Å². The van der Waals surface area contributed by atoms with Crippen LogP contribution in [0.3, 0.4) is 0 Å². The van der Waals surface area contributed by atoms with Gasteiger partial charge in [-0.2, -0.15) is 11.8 Å². The molecule has 3 nitrogen and oxygen atoms in total. The van der Waals surface area contributed by atoms with Gasteiger partial charge in [0, 0.05) is 17.7 Å². The first-order valence-electron chi connectivity index (χ1n) is 3.73. The van der Waals surface area contributed by atoms with E-state index in [4.69, 9.17) is 9.05 Å². The van der Waals surface area contributed by atoms with E-state index < -0.39 is 7.60 Å². The van der Waals surface area contributed by atoms with Crippen LogP contribution in [0.15, 0.2) is 0 Å². The smallest absolute Gasteiger partial charge is 0.308 e. The van der Waals surface area contributed by atoms with Gasteiger partial charge in [0.1, 0.15) is 0 Å². The highest BCUT2D eigenvalue weighted by Gasteiger charge is 2.22. The van der Waals surface area contributed by atoms with E-state index in [1.165, 1.54) is 0 Å². The molecule has 0 bridgehead atoms. The Balaban J connectivity index is 2.44. The first kappa shape index (κ1) is 9.59. The summed E-state index contributed by atoms with van der Waals surface area (Å²) in [6.07, 6.45) is 0.484. The monoisotopic (exact) mass is 196 g/mol. The summed E-state index contributed by atoms with van der Waals surface area (Å²) in [5.41, 5.74) is 0. The maximum absolute atomic E-state index is 11.5. The minimum Gasteiger partial charge on any atom is -0.308 e. The third kappa shape index (κ3) is 3.16. The van der Waals surface area contributed by atoms with E-state index in [9.17, 15) is 4.57 Å². The number of rotatable bonds is 1. The summed E-state index contributed by atoms with van der Waals surface area (Å²) in [6.45, 7) is 2.93. The van der Waals surface area contributed by atoms with E-state index in [1.54, 1.807) is 11.8 Å². The van der Waals surface area contributed by atoms with Crippen molar-refractivity contribution in [1.82, 2.24) is 0 Å². The van der Waals surface area contributed by atoms with E-state index in [1.807, 2.05) is 6.92 Å². The van der Waals surface area contributed by atoms with E-state index in [0.29, 0.717) is 19.4 Å². The van der Waals surface area contributed by atoms with Crippen LogP contribution in [0.5, 0.6) is 0 Å². The molecule has 0 spiro atoms. The normalized spacial score (nSPS) is 25.5. The maximum atomic E-state index is 11.5. The first-order valence-corrected chi connectivity index (χ1v) is 6.61. The molecule has 5 heteroatoms. The average molecular weight is 196 g/mol. The van der Waals surface area contributed by atoms with Gasteiger partial charge in [-0.1, -0.05) is 6.92 Å². The molecule has 0 aromatic rings. The molecule has 0 aromatic carbocycles. The lowest BCUT2D eigenvalue weighted by Gasteiger charge is -2.19. The highest BCUT2D eigenvalue weighted by atomic mass is 32.2. The van der Waals surface area contributed by atoms with Crippen LogP contribution < -0.4 is 0 Å². The second-order valence-corrected chi connectivity index (χ2v) is 5.80. The molecule has 0 radical (unpaired) electrons. The quantitative estimate of drug-likeness (QED) is 0.601. The lowest BCUT2D eigenvalue weighted by atomic mass is 10.9. The average Bonchev–Trinajstić information content (AvgIpc) is 1.98. The Bertz CT molecular complexity index is 150. The third-order valence-corrected chi connectivity index (χ3v) is 4.26. The van der Waals surface area contributed by atoms with Crippen molar-refractivity contribution >= 4 is 19.4 Å². The van der Waals surface area contributed by atoms with Crippen LogP contribution in [0.4, 0.5) is 0 Å². The summed E-state index contributed by atoms with van der Waals surface area (Å²) in [6, 6.07) is 0. The van der Waals surface area contributed by atoms with Gasteiger partial charge in [-0.25, -0.2) is 0 Å². The maximum Gasteiger partial charge on any atom is 0.330 e. The van der Waals surface area contributed by atoms with Crippen LogP contribution in [0.25, 0.3) is 0 Å². The molecule has 1 aliphatic heterocycles. The first-order chi connectivity index (χ1) is 5.27. The van der Waals surface area contributed by atoms with E-state index in [-0.39, 0.29) is 0 Å². The van der Waals surface area contributed by atoms with Crippen molar-refractivity contribution in [2.45, 2.75) is 6.92 Å². The summed E-state index contributed by atoms with van der Waals surface area (Å²) < 4.78 is 21.8. The van der Waals surface area contributed by atoms with Gasteiger partial charge in [-0.05, 0) is 0 Å². The van der Waals surface area contributed by atoms with Crippen molar-refractivity contribution in [3.05, 3.63) is 0 Å². The topological polar surface area (TPSA) is 35.5 Å². The fraction of sp³-hybridized carbons (Fsp3) is 1.00. The molecule has 1 rings (SSSR count). The van der Waals surface area contributed by atoms with Crippen molar-refractivity contribution in [3.63, 3.8) is 0 Å². The molecule has 0 saturated carbocycles. The summed E-state index contributed by atoms with van der Waals surface area (Å²) >= 11 is 1.77. The molecular weight excluding hydrogens is 183 g/mol. The Morgan fingerprint density at radius 1 is 1.36 bits per heavy atom. The Morgan fingerprint density at radius 3 is 2.36 bits per heavy atom. The Hall–Kier alpha value is 0.500. The van der Waals surface area contributed by atoms with Crippen molar-refractivity contribution in [2.24, 2.45) is 0 Å². The number of hydrogen-bond acceptors (Lipinski definition) is 4. The van der Waals surface area contributed by atoms with Crippen LogP contribution in [-0.4, -0.2) is 30.9 Å². The second kappa shape index (κ2) is 4.51. The zero-order valence-corrected chi connectivity index (χ0v) is 8.33. The molecular formula is C6H13O3PS. The Labute approximate surface area is 71.4 Å². The molecule has 66 valence electrons. The van der Waals surface area contributed by atoms with Gasteiger partial charge in [0.25, 0.3) is 0 Å². The molecule has 1 fully saturated rings. The van der Waals surface area contributed by atoms with Crippen LogP contribution in [0.2, 0.25) is 0 Å². The lowest BCUT2D eigenvalue weighted by Crippen LogP contribution is -2.08. The van der Waals surface area contributed by atoms with Gasteiger partial charge in [0.2, 0.25) is 0 Å². The Kier molecular flexibility index (Phi) is 3.93. The molecule has 0 N–H and O–H groups in total. The second-order valence-electron chi connectivity index (χ2n) is 2.21. The zero-order chi connectivity index (χ0) is 8.16. The number of hydrogen-bond donors (Lipinski definition) is 0. The highest BCUT2D eigenvalue weighted by Crippen LogP contribution is 2.48. The summed E-state index contributed by atoms with van der Waals surface area (Å²) in [5, 5.41) is 0. The van der Waals surface area contributed by atoms with Gasteiger partial charge in [-0.3, -0.25) is 4.57 Å². The molecule has 11 heavy (non-hydrogen) atoms. The SMILES string of the molecule is CCP1(=O)OCCSCCO1. The van der Waals surface area contributed by atoms with Crippen molar-refractivity contribution < 1.29 is 13.6 Å². The van der Waals surface area contributed by atoms with Crippen molar-refractivity contribution in [2.75, 3.05) is 30.9 Å². The van der Waals surface area contributed by atoms with E-state index >= 15 is 0 Å². The van der Waals surface area contributed by atoms with E-state index in [2.05, 4.69) is 0 Å². The lowest BCUT2D eigenvalue weighted by molar-refractivity contribution is 0.220. The fourth-order valence-corrected chi connectivity index (χ4v) is 2.82. The summed E-state index contributed by atoms with van der Waals surface area (Å²) in [7, 11) is -2.68. The van der Waals surface area contributed by atoms with Gasteiger partial charge in [-0.15, -0.1) is 0 Å². The molecule has 0 unspecified atom stereocenters. The minimum absolute atomic E-state index is 0.484. The highest BCUT2D eigenvalue weighted by molar-refractivity contribution is 7.99. The van der Waals surface area contributed by atoms with Gasteiger partial charge in [0.05, 0.1) is 13.2 Å². The van der Waals surface area contributed by atoms with Crippen LogP contribution in [0.1, 0.15) is 6.92 Å². The molecule has 0 aliphatic carbocycles. The van der Waals surface area contributed by atoms with Crippen LogP contribution in [-0.2, 0) is 13.6 Å². The molecule has 1 saturated heterocycles. The Morgan fingerprint density at radius 2 is 1.91 bits per heavy atom. The van der Waals surface area contributed by atoms with Crippen molar-refractivity contribution in [3.8, 4) is 0 Å². The molecule has 0 amide bonds. The van der Waals surface area contributed by atoms with Crippen LogP contribution in [0, 0.1) is 0 Å². The standard InChI is InChI=1S/C6H13O3PS/c1-2-10(7)8-3-5-11-6-4-9-10/h2-6H2,1H3. The van der Waals surface area contributed by atoms with Crippen molar-refractivity contribution in [1.29, 1.82) is 0 Å². The minimum atomic E-state index is -2.68. The fourth-order valence-electron chi connectivity index (χ4n) is 0.792. The molecule has 1 aliphatic rings. The van der Waals surface area contributed by atoms with Gasteiger partial charge >= 0.3 is 7.60 Å². The zero-order valence-electron chi connectivity index (χ0n) is 6.62. The van der Waals surface area contributed by atoms with E-state index in [0.717, 1.165) is 11.5 Å². The van der Waals surface area contributed by atoms with Gasteiger partial charge < -0.3 is 9.05 Å².